The molecule has 3 nitrogen and oxygen atoms in total. The van der Waals surface area contributed by atoms with Crippen LogP contribution < -0.4 is 5.46 Å². The summed E-state index contributed by atoms with van der Waals surface area (Å²) in [6.45, 7) is 0. The summed E-state index contributed by atoms with van der Waals surface area (Å²) in [6.07, 6.45) is 0. The van der Waals surface area contributed by atoms with Crippen LogP contribution in [0.2, 0.25) is 0 Å². The van der Waals surface area contributed by atoms with E-state index in [4.69, 9.17) is 4.42 Å². The van der Waals surface area contributed by atoms with Crippen molar-refractivity contribution in [3.8, 4) is 22.3 Å². The van der Waals surface area contributed by atoms with E-state index in [1.54, 1.807) is 12.1 Å². The fraction of sp³-hybridized carbons (Fsp3) is 0. The lowest BCUT2D eigenvalue weighted by molar-refractivity contribution is 0.425. The van der Waals surface area contributed by atoms with Crippen molar-refractivity contribution in [3.63, 3.8) is 0 Å². The molecule has 0 saturated heterocycles. The molecule has 2 N–H and O–H groups in total. The first kappa shape index (κ1) is 16.8. The van der Waals surface area contributed by atoms with Crippen LogP contribution in [0.15, 0.2) is 95.4 Å². The summed E-state index contributed by atoms with van der Waals surface area (Å²) >= 11 is 0. The maximum Gasteiger partial charge on any atom is 0.488 e. The molecule has 1 heterocycles. The maximum absolute atomic E-state index is 9.42. The van der Waals surface area contributed by atoms with Gasteiger partial charge in [0.2, 0.25) is 0 Å². The van der Waals surface area contributed by atoms with E-state index in [0.717, 1.165) is 27.5 Å². The average Bonchev–Trinajstić information content (AvgIpc) is 3.12. The molecule has 5 aromatic rings. The minimum absolute atomic E-state index is 0.417. The molecule has 134 valence electrons. The number of rotatable bonds is 3. The summed E-state index contributed by atoms with van der Waals surface area (Å²) in [4.78, 5) is 0. The van der Waals surface area contributed by atoms with E-state index in [9.17, 15) is 10.0 Å². The molecule has 0 aliphatic rings. The van der Waals surface area contributed by atoms with Gasteiger partial charge in [-0.3, -0.25) is 0 Å². The second kappa shape index (κ2) is 6.68. The van der Waals surface area contributed by atoms with Gasteiger partial charge in [0, 0.05) is 10.8 Å². The Bertz CT molecular complexity index is 1270. The lowest BCUT2D eigenvalue weighted by Gasteiger charge is -2.06. The van der Waals surface area contributed by atoms with Gasteiger partial charge < -0.3 is 14.5 Å². The molecule has 0 unspecified atom stereocenters. The topological polar surface area (TPSA) is 53.6 Å². The van der Waals surface area contributed by atoms with Crippen molar-refractivity contribution in [2.24, 2.45) is 0 Å². The Morgan fingerprint density at radius 2 is 1.32 bits per heavy atom. The van der Waals surface area contributed by atoms with Gasteiger partial charge in [-0.05, 0) is 39.8 Å². The third-order valence-electron chi connectivity index (χ3n) is 5.12. The lowest BCUT2D eigenvalue weighted by Crippen LogP contribution is -2.29. The Labute approximate surface area is 162 Å². The van der Waals surface area contributed by atoms with Gasteiger partial charge >= 0.3 is 7.12 Å². The molecule has 0 atom stereocenters. The molecule has 28 heavy (non-hydrogen) atoms. The fourth-order valence-electron chi connectivity index (χ4n) is 3.72. The molecule has 0 aliphatic heterocycles. The molecule has 1 aromatic heterocycles. The first-order valence-corrected chi connectivity index (χ1v) is 9.18. The molecule has 5 rings (SSSR count). The summed E-state index contributed by atoms with van der Waals surface area (Å²) in [5.41, 5.74) is 6.41. The Kier molecular flexibility index (Phi) is 4.01. The Balaban J connectivity index is 1.65. The summed E-state index contributed by atoms with van der Waals surface area (Å²) in [7, 11) is -1.51. The van der Waals surface area contributed by atoms with Gasteiger partial charge in [0.05, 0.1) is 0 Å². The van der Waals surface area contributed by atoms with Gasteiger partial charge in [-0.2, -0.15) is 0 Å². The van der Waals surface area contributed by atoms with Crippen LogP contribution in [0.25, 0.3) is 44.2 Å². The van der Waals surface area contributed by atoms with Crippen molar-refractivity contribution in [1.29, 1.82) is 0 Å². The number of benzene rings is 4. The van der Waals surface area contributed by atoms with Crippen LogP contribution in [0.4, 0.5) is 0 Å². The van der Waals surface area contributed by atoms with Crippen molar-refractivity contribution in [1.82, 2.24) is 0 Å². The zero-order valence-corrected chi connectivity index (χ0v) is 15.0. The smallest absolute Gasteiger partial charge is 0.456 e. The van der Waals surface area contributed by atoms with Gasteiger partial charge in [0.25, 0.3) is 0 Å². The van der Waals surface area contributed by atoms with Gasteiger partial charge in [0.1, 0.15) is 11.2 Å². The maximum atomic E-state index is 9.42. The van der Waals surface area contributed by atoms with E-state index in [-0.39, 0.29) is 0 Å². The third-order valence-corrected chi connectivity index (χ3v) is 5.12. The van der Waals surface area contributed by atoms with E-state index in [2.05, 4.69) is 42.5 Å². The van der Waals surface area contributed by atoms with Crippen molar-refractivity contribution < 1.29 is 14.5 Å². The minimum Gasteiger partial charge on any atom is -0.456 e. The summed E-state index contributed by atoms with van der Waals surface area (Å²) < 4.78 is 5.98. The van der Waals surface area contributed by atoms with Crippen LogP contribution in [0.5, 0.6) is 0 Å². The van der Waals surface area contributed by atoms with Crippen molar-refractivity contribution in [3.05, 3.63) is 91.0 Å². The van der Waals surface area contributed by atoms with Crippen molar-refractivity contribution in [2.75, 3.05) is 0 Å². The number of fused-ring (bicyclic) bond motifs is 3. The van der Waals surface area contributed by atoms with Gasteiger partial charge in [-0.15, -0.1) is 0 Å². The molecule has 0 amide bonds. The van der Waals surface area contributed by atoms with E-state index >= 15 is 0 Å². The number of hydrogen-bond acceptors (Lipinski definition) is 3. The van der Waals surface area contributed by atoms with Crippen LogP contribution in [0.1, 0.15) is 0 Å². The minimum atomic E-state index is -1.51. The fourth-order valence-corrected chi connectivity index (χ4v) is 3.72. The standard InChI is InChI=1S/C24H17BO3/c26-25(27)19-13-14-21-23(15-19)28-22-8-4-7-20(24(21)22)18-11-9-17(10-12-18)16-5-2-1-3-6-16/h1-15,26-27H. The SMILES string of the molecule is OB(O)c1ccc2c(c1)oc1cccc(-c3ccc(-c4ccccc4)cc3)c12. The molecule has 0 bridgehead atoms. The Hall–Kier alpha value is -3.34. The highest BCUT2D eigenvalue weighted by Crippen LogP contribution is 2.36. The van der Waals surface area contributed by atoms with Gasteiger partial charge in [0.15, 0.2) is 0 Å². The quantitative estimate of drug-likeness (QED) is 0.460. The van der Waals surface area contributed by atoms with E-state index in [0.29, 0.717) is 11.0 Å². The third kappa shape index (κ3) is 2.80. The van der Waals surface area contributed by atoms with Crippen LogP contribution in [-0.2, 0) is 0 Å². The molecule has 4 heteroatoms. The summed E-state index contributed by atoms with van der Waals surface area (Å²) in [5, 5.41) is 20.8. The van der Waals surface area contributed by atoms with Crippen LogP contribution >= 0.6 is 0 Å². The molecule has 4 aromatic carbocycles. The van der Waals surface area contributed by atoms with Crippen LogP contribution in [-0.4, -0.2) is 17.2 Å². The predicted octanol–water partition coefficient (Wildman–Crippen LogP) is 4.60. The molecule has 0 spiro atoms. The highest BCUT2D eigenvalue weighted by molar-refractivity contribution is 6.59. The van der Waals surface area contributed by atoms with E-state index in [1.807, 2.05) is 36.4 Å². The molecule has 0 aliphatic carbocycles. The molecule has 0 fully saturated rings. The van der Waals surface area contributed by atoms with E-state index in [1.165, 1.54) is 11.1 Å². The van der Waals surface area contributed by atoms with Crippen LogP contribution in [0, 0.1) is 0 Å². The largest absolute Gasteiger partial charge is 0.488 e. The molecular formula is C24H17BO3. The monoisotopic (exact) mass is 364 g/mol. The first-order valence-electron chi connectivity index (χ1n) is 9.18. The summed E-state index contributed by atoms with van der Waals surface area (Å²) in [5.74, 6) is 0. The zero-order chi connectivity index (χ0) is 19.1. The average molecular weight is 364 g/mol. The van der Waals surface area contributed by atoms with Crippen molar-refractivity contribution in [2.45, 2.75) is 0 Å². The summed E-state index contributed by atoms with van der Waals surface area (Å²) in [6, 6.07) is 30.1. The zero-order valence-electron chi connectivity index (χ0n) is 15.0. The molecule has 0 saturated carbocycles. The number of furan rings is 1. The second-order valence-corrected chi connectivity index (χ2v) is 6.85. The Morgan fingerprint density at radius 1 is 0.607 bits per heavy atom. The van der Waals surface area contributed by atoms with E-state index < -0.39 is 7.12 Å². The predicted molar refractivity (Wildman–Crippen MR) is 114 cm³/mol. The highest BCUT2D eigenvalue weighted by Gasteiger charge is 2.16. The number of hydrogen-bond donors (Lipinski definition) is 2. The lowest BCUT2D eigenvalue weighted by atomic mass is 9.80. The second-order valence-electron chi connectivity index (χ2n) is 6.85. The van der Waals surface area contributed by atoms with Gasteiger partial charge in [-0.25, -0.2) is 0 Å². The first-order chi connectivity index (χ1) is 13.7. The highest BCUT2D eigenvalue weighted by atomic mass is 16.4. The normalized spacial score (nSPS) is 11.2. The van der Waals surface area contributed by atoms with Crippen molar-refractivity contribution >= 4 is 34.5 Å². The van der Waals surface area contributed by atoms with Crippen LogP contribution in [0.3, 0.4) is 0 Å². The Morgan fingerprint density at radius 3 is 2.07 bits per heavy atom. The molecular weight excluding hydrogens is 347 g/mol. The van der Waals surface area contributed by atoms with Gasteiger partial charge in [-0.1, -0.05) is 78.9 Å². The molecule has 0 radical (unpaired) electrons.